The average molecular weight is 467 g/mol. The second-order valence-electron chi connectivity index (χ2n) is 6.88. The third kappa shape index (κ3) is 7.53. The highest BCUT2D eigenvalue weighted by Gasteiger charge is 2.27. The van der Waals surface area contributed by atoms with Crippen molar-refractivity contribution in [2.24, 2.45) is 0 Å². The Morgan fingerprint density at radius 3 is 2.40 bits per heavy atom. The van der Waals surface area contributed by atoms with Crippen LogP contribution in [-0.4, -0.2) is 41.6 Å². The van der Waals surface area contributed by atoms with Crippen molar-refractivity contribution in [3.8, 4) is 0 Å². The molecule has 0 bridgehead atoms. The van der Waals surface area contributed by atoms with Crippen LogP contribution >= 0.6 is 35.0 Å². The molecule has 30 heavy (non-hydrogen) atoms. The fourth-order valence-corrected chi connectivity index (χ4v) is 4.33. The number of carbonyl (C=O) groups is 2. The number of amides is 2. The van der Waals surface area contributed by atoms with Crippen LogP contribution in [0.15, 0.2) is 48.5 Å². The number of likely N-dealkylation sites (N-methyl/N-ethyl adjacent to an activating group) is 1. The van der Waals surface area contributed by atoms with Gasteiger partial charge in [-0.2, -0.15) is 0 Å². The van der Waals surface area contributed by atoms with Gasteiger partial charge >= 0.3 is 0 Å². The largest absolute Gasteiger partial charge is 0.355 e. The van der Waals surface area contributed by atoms with E-state index in [0.717, 1.165) is 11.1 Å². The fourth-order valence-electron chi connectivity index (χ4n) is 3.16. The lowest BCUT2D eigenvalue weighted by molar-refractivity contribution is -0.138. The first kappa shape index (κ1) is 24.6. The standard InChI is InChI=1S/C23H28Cl2N2O2S/c1-3-21(23(29)26-4-2)27(13-12-17-8-6-5-7-9-17)22(28)16-30-15-18-10-11-19(24)20(25)14-18/h5-11,14,21H,3-4,12-13,15-16H2,1-2H3,(H,26,29)/t21-/m0/s1. The normalized spacial score (nSPS) is 11.7. The Bertz CT molecular complexity index is 833. The summed E-state index contributed by atoms with van der Waals surface area (Å²) in [6, 6.07) is 15.0. The molecule has 0 heterocycles. The zero-order valence-corrected chi connectivity index (χ0v) is 19.7. The zero-order chi connectivity index (χ0) is 21.9. The predicted octanol–water partition coefficient (Wildman–Crippen LogP) is 5.21. The van der Waals surface area contributed by atoms with Crippen molar-refractivity contribution in [3.05, 3.63) is 69.7 Å². The first-order valence-corrected chi connectivity index (χ1v) is 12.0. The Morgan fingerprint density at radius 1 is 1.03 bits per heavy atom. The minimum atomic E-state index is -0.466. The van der Waals surface area contributed by atoms with E-state index in [9.17, 15) is 9.59 Å². The van der Waals surface area contributed by atoms with E-state index in [-0.39, 0.29) is 11.8 Å². The molecular weight excluding hydrogens is 439 g/mol. The Labute approximate surface area is 193 Å². The van der Waals surface area contributed by atoms with Crippen LogP contribution in [0.1, 0.15) is 31.4 Å². The number of rotatable bonds is 11. The molecule has 1 N–H and O–H groups in total. The summed E-state index contributed by atoms with van der Waals surface area (Å²) in [7, 11) is 0. The van der Waals surface area contributed by atoms with Gasteiger partial charge < -0.3 is 10.2 Å². The van der Waals surface area contributed by atoms with E-state index in [0.29, 0.717) is 47.5 Å². The van der Waals surface area contributed by atoms with Crippen LogP contribution in [0.5, 0.6) is 0 Å². The van der Waals surface area contributed by atoms with Gasteiger partial charge in [0.15, 0.2) is 0 Å². The summed E-state index contributed by atoms with van der Waals surface area (Å²) in [6.45, 7) is 4.87. The van der Waals surface area contributed by atoms with Crippen molar-refractivity contribution in [3.63, 3.8) is 0 Å². The molecule has 2 aromatic rings. The molecule has 0 aliphatic rings. The van der Waals surface area contributed by atoms with E-state index in [2.05, 4.69) is 5.32 Å². The summed E-state index contributed by atoms with van der Waals surface area (Å²) < 4.78 is 0. The van der Waals surface area contributed by atoms with E-state index in [1.807, 2.05) is 56.3 Å². The lowest BCUT2D eigenvalue weighted by Crippen LogP contribution is -2.50. The molecular formula is C23H28Cl2N2O2S. The monoisotopic (exact) mass is 466 g/mol. The van der Waals surface area contributed by atoms with Crippen LogP contribution in [0, 0.1) is 0 Å². The fraction of sp³-hybridized carbons (Fsp3) is 0.391. The summed E-state index contributed by atoms with van der Waals surface area (Å²) in [5.41, 5.74) is 2.15. The average Bonchev–Trinajstić information content (AvgIpc) is 2.74. The molecule has 0 spiro atoms. The van der Waals surface area contributed by atoms with Crippen molar-refractivity contribution in [2.45, 2.75) is 38.5 Å². The highest BCUT2D eigenvalue weighted by molar-refractivity contribution is 7.99. The van der Waals surface area contributed by atoms with Gasteiger partial charge in [0.2, 0.25) is 11.8 Å². The van der Waals surface area contributed by atoms with Gasteiger partial charge in [0.1, 0.15) is 6.04 Å². The van der Waals surface area contributed by atoms with E-state index in [4.69, 9.17) is 23.2 Å². The first-order valence-electron chi connectivity index (χ1n) is 10.1. The van der Waals surface area contributed by atoms with Crippen molar-refractivity contribution < 1.29 is 9.59 Å². The summed E-state index contributed by atoms with van der Waals surface area (Å²) in [6.07, 6.45) is 1.28. The molecule has 0 aromatic heterocycles. The maximum absolute atomic E-state index is 13.1. The molecule has 1 atom stereocenters. The molecule has 2 rings (SSSR count). The Hall–Kier alpha value is -1.69. The summed E-state index contributed by atoms with van der Waals surface area (Å²) in [5.74, 6) is 0.808. The number of benzene rings is 2. The molecule has 0 aliphatic carbocycles. The quantitative estimate of drug-likeness (QED) is 0.494. The van der Waals surface area contributed by atoms with Gasteiger partial charge in [-0.3, -0.25) is 9.59 Å². The van der Waals surface area contributed by atoms with E-state index < -0.39 is 6.04 Å². The molecule has 0 aliphatic heterocycles. The molecule has 2 aromatic carbocycles. The van der Waals surface area contributed by atoms with Crippen LogP contribution in [0.4, 0.5) is 0 Å². The van der Waals surface area contributed by atoms with Gasteiger partial charge in [-0.15, -0.1) is 11.8 Å². The SMILES string of the molecule is CCNC(=O)[C@H](CC)N(CCc1ccccc1)C(=O)CSCc1ccc(Cl)c(Cl)c1. The van der Waals surface area contributed by atoms with E-state index in [1.54, 1.807) is 11.0 Å². The van der Waals surface area contributed by atoms with Crippen molar-refractivity contribution in [1.82, 2.24) is 10.2 Å². The zero-order valence-electron chi connectivity index (χ0n) is 17.4. The van der Waals surface area contributed by atoms with Gasteiger partial charge in [0.05, 0.1) is 15.8 Å². The number of carbonyl (C=O) groups excluding carboxylic acids is 2. The Balaban J connectivity index is 2.03. The van der Waals surface area contributed by atoms with Gasteiger partial charge in [-0.25, -0.2) is 0 Å². The lowest BCUT2D eigenvalue weighted by atomic mass is 10.1. The van der Waals surface area contributed by atoms with Gasteiger partial charge in [-0.1, -0.05) is 66.5 Å². The number of nitrogens with zero attached hydrogens (tertiary/aromatic N) is 1. The Kier molecular flexibility index (Phi) is 10.6. The number of halogens is 2. The summed E-state index contributed by atoms with van der Waals surface area (Å²) >= 11 is 13.5. The number of hydrogen-bond acceptors (Lipinski definition) is 3. The van der Waals surface area contributed by atoms with Crippen molar-refractivity contribution in [2.75, 3.05) is 18.8 Å². The minimum Gasteiger partial charge on any atom is -0.355 e. The second kappa shape index (κ2) is 12.9. The van der Waals surface area contributed by atoms with Crippen LogP contribution in [0.25, 0.3) is 0 Å². The van der Waals surface area contributed by atoms with Crippen LogP contribution in [-0.2, 0) is 21.8 Å². The molecule has 162 valence electrons. The molecule has 0 saturated heterocycles. The van der Waals surface area contributed by atoms with E-state index in [1.165, 1.54) is 11.8 Å². The highest BCUT2D eigenvalue weighted by Crippen LogP contribution is 2.25. The smallest absolute Gasteiger partial charge is 0.242 e. The maximum Gasteiger partial charge on any atom is 0.242 e. The number of hydrogen-bond donors (Lipinski definition) is 1. The second-order valence-corrected chi connectivity index (χ2v) is 8.68. The number of thioether (sulfide) groups is 1. The minimum absolute atomic E-state index is 0.0332. The van der Waals surface area contributed by atoms with Gasteiger partial charge in [-0.05, 0) is 43.0 Å². The van der Waals surface area contributed by atoms with Crippen LogP contribution in [0.2, 0.25) is 10.0 Å². The van der Waals surface area contributed by atoms with Crippen LogP contribution < -0.4 is 5.32 Å². The van der Waals surface area contributed by atoms with Gasteiger partial charge in [0.25, 0.3) is 0 Å². The predicted molar refractivity (Wildman–Crippen MR) is 127 cm³/mol. The molecule has 0 unspecified atom stereocenters. The Morgan fingerprint density at radius 2 is 1.77 bits per heavy atom. The number of nitrogens with one attached hydrogen (secondary N) is 1. The van der Waals surface area contributed by atoms with Crippen molar-refractivity contribution >= 4 is 46.8 Å². The summed E-state index contributed by atoms with van der Waals surface area (Å²) in [5, 5.41) is 3.88. The highest BCUT2D eigenvalue weighted by atomic mass is 35.5. The molecule has 4 nitrogen and oxygen atoms in total. The topological polar surface area (TPSA) is 49.4 Å². The molecule has 7 heteroatoms. The molecule has 0 radical (unpaired) electrons. The maximum atomic E-state index is 13.1. The third-order valence-electron chi connectivity index (χ3n) is 4.70. The lowest BCUT2D eigenvalue weighted by Gasteiger charge is -2.30. The van der Waals surface area contributed by atoms with Crippen LogP contribution in [0.3, 0.4) is 0 Å². The summed E-state index contributed by atoms with van der Waals surface area (Å²) in [4.78, 5) is 27.3. The molecule has 0 fully saturated rings. The van der Waals surface area contributed by atoms with Gasteiger partial charge in [0, 0.05) is 18.8 Å². The first-order chi connectivity index (χ1) is 14.5. The molecule has 2 amide bonds. The van der Waals surface area contributed by atoms with Crippen molar-refractivity contribution in [1.29, 1.82) is 0 Å². The molecule has 0 saturated carbocycles. The van der Waals surface area contributed by atoms with E-state index >= 15 is 0 Å². The third-order valence-corrected chi connectivity index (χ3v) is 6.43.